The van der Waals surface area contributed by atoms with Gasteiger partial charge >= 0.3 is 0 Å². The molecule has 0 saturated carbocycles. The van der Waals surface area contributed by atoms with Gasteiger partial charge in [0.05, 0.1) is 11.0 Å². The minimum Gasteiger partial charge on any atom is -0.381 e. The summed E-state index contributed by atoms with van der Waals surface area (Å²) in [6.07, 6.45) is 3.17. The fourth-order valence-electron chi connectivity index (χ4n) is 1.94. The van der Waals surface area contributed by atoms with Gasteiger partial charge in [-0.05, 0) is 24.3 Å². The third kappa shape index (κ3) is 1.80. The van der Waals surface area contributed by atoms with E-state index in [0.717, 1.165) is 33.9 Å². The van der Waals surface area contributed by atoms with Crippen molar-refractivity contribution in [1.29, 1.82) is 0 Å². The van der Waals surface area contributed by atoms with Crippen molar-refractivity contribution in [3.05, 3.63) is 30.5 Å². The molecule has 2 N–H and O–H groups in total. The summed E-state index contributed by atoms with van der Waals surface area (Å²) in [4.78, 5) is 8.92. The summed E-state index contributed by atoms with van der Waals surface area (Å²) in [6, 6.07) is 7.96. The smallest absolute Gasteiger partial charge is 0.181 e. The van der Waals surface area contributed by atoms with Crippen LogP contribution in [-0.4, -0.2) is 20.1 Å². The molecule has 0 saturated heterocycles. The van der Waals surface area contributed by atoms with E-state index < -0.39 is 0 Å². The number of imidazole rings is 1. The van der Waals surface area contributed by atoms with Crippen LogP contribution < -0.4 is 5.73 Å². The van der Waals surface area contributed by atoms with Crippen LogP contribution in [0.25, 0.3) is 16.7 Å². The van der Waals surface area contributed by atoms with Crippen LogP contribution in [0, 0.1) is 0 Å². The lowest BCUT2D eigenvalue weighted by molar-refractivity contribution is 1.10. The molecule has 2 heterocycles. The van der Waals surface area contributed by atoms with Gasteiger partial charge in [-0.1, -0.05) is 19.1 Å². The molecule has 0 atom stereocenters. The molecule has 0 unspecified atom stereocenters. The van der Waals surface area contributed by atoms with Gasteiger partial charge in [-0.3, -0.25) is 4.40 Å². The van der Waals surface area contributed by atoms with E-state index in [0.29, 0.717) is 5.82 Å². The molecule has 3 aromatic rings. The molecule has 0 bridgehead atoms. The van der Waals surface area contributed by atoms with Crippen molar-refractivity contribution in [2.75, 3.05) is 11.5 Å². The van der Waals surface area contributed by atoms with Crippen molar-refractivity contribution < 1.29 is 0 Å². The molecule has 1 aromatic carbocycles. The van der Waals surface area contributed by atoms with Crippen LogP contribution in [0.4, 0.5) is 5.82 Å². The Bertz CT molecular complexity index is 705. The zero-order valence-corrected chi connectivity index (χ0v) is 10.9. The zero-order chi connectivity index (χ0) is 12.5. The minimum atomic E-state index is 0.483. The molecular weight excluding hydrogens is 244 g/mol. The summed E-state index contributed by atoms with van der Waals surface area (Å²) in [5.74, 6) is 1.55. The van der Waals surface area contributed by atoms with E-state index in [9.17, 15) is 0 Å². The van der Waals surface area contributed by atoms with Gasteiger partial charge in [0, 0.05) is 6.20 Å². The molecule has 0 spiro atoms. The number of fused-ring (bicyclic) bond motifs is 3. The molecule has 0 aliphatic heterocycles. The van der Waals surface area contributed by atoms with Crippen molar-refractivity contribution in [3.63, 3.8) is 0 Å². The first-order valence-corrected chi connectivity index (χ1v) is 6.94. The summed E-state index contributed by atoms with van der Waals surface area (Å²) in [5, 5.41) is 1.00. The molecule has 0 radical (unpaired) electrons. The number of hydrogen-bond acceptors (Lipinski definition) is 4. The molecule has 2 aromatic heterocycles. The Morgan fingerprint density at radius 1 is 1.28 bits per heavy atom. The third-order valence-electron chi connectivity index (χ3n) is 2.75. The largest absolute Gasteiger partial charge is 0.381 e. The van der Waals surface area contributed by atoms with Crippen LogP contribution in [0.3, 0.4) is 0 Å². The van der Waals surface area contributed by atoms with E-state index >= 15 is 0 Å². The number of nitrogen functional groups attached to an aromatic ring is 1. The van der Waals surface area contributed by atoms with Crippen molar-refractivity contribution in [3.8, 4) is 0 Å². The van der Waals surface area contributed by atoms with Crippen LogP contribution in [0.15, 0.2) is 35.5 Å². The van der Waals surface area contributed by atoms with Gasteiger partial charge < -0.3 is 5.73 Å². The number of aromatic nitrogens is 3. The first-order valence-electron chi connectivity index (χ1n) is 5.95. The van der Waals surface area contributed by atoms with Gasteiger partial charge in [0.2, 0.25) is 0 Å². The van der Waals surface area contributed by atoms with E-state index in [1.165, 1.54) is 0 Å². The normalized spacial score (nSPS) is 11.4. The number of thioether (sulfide) groups is 1. The molecule has 92 valence electrons. The fourth-order valence-corrected chi connectivity index (χ4v) is 2.69. The zero-order valence-electron chi connectivity index (χ0n) is 10.1. The first-order chi connectivity index (χ1) is 8.79. The van der Waals surface area contributed by atoms with Gasteiger partial charge in [-0.2, -0.15) is 0 Å². The van der Waals surface area contributed by atoms with E-state index in [1.807, 2.05) is 34.9 Å². The van der Waals surface area contributed by atoms with Crippen LogP contribution in [-0.2, 0) is 0 Å². The highest BCUT2D eigenvalue weighted by atomic mass is 32.2. The van der Waals surface area contributed by atoms with Crippen LogP contribution in [0.1, 0.15) is 13.3 Å². The SMILES string of the molecule is CCCSc1cn2c(n1)c(N)nc1ccccc12. The monoisotopic (exact) mass is 258 g/mol. The van der Waals surface area contributed by atoms with Crippen LogP contribution >= 0.6 is 11.8 Å². The Morgan fingerprint density at radius 2 is 2.11 bits per heavy atom. The lowest BCUT2D eigenvalue weighted by Crippen LogP contribution is -1.97. The van der Waals surface area contributed by atoms with Gasteiger partial charge in [-0.15, -0.1) is 11.8 Å². The Hall–Kier alpha value is -1.75. The second-order valence-corrected chi connectivity index (χ2v) is 5.22. The lowest BCUT2D eigenvalue weighted by atomic mass is 10.3. The number of nitrogens with two attached hydrogens (primary N) is 1. The molecule has 18 heavy (non-hydrogen) atoms. The van der Waals surface area contributed by atoms with Gasteiger partial charge in [0.1, 0.15) is 5.03 Å². The average Bonchev–Trinajstić information content (AvgIpc) is 2.81. The molecule has 0 amide bonds. The second-order valence-electron chi connectivity index (χ2n) is 4.11. The van der Waals surface area contributed by atoms with Crippen LogP contribution in [0.5, 0.6) is 0 Å². The van der Waals surface area contributed by atoms with Crippen molar-refractivity contribution >= 4 is 34.3 Å². The number of rotatable bonds is 3. The number of benzene rings is 1. The number of para-hydroxylation sites is 2. The Labute approximate surface area is 109 Å². The van der Waals surface area contributed by atoms with E-state index in [-0.39, 0.29) is 0 Å². The standard InChI is InChI=1S/C13H14N4S/c1-2-7-18-11-8-17-10-6-4-3-5-9(10)15-12(14)13(17)16-11/h3-6,8H,2,7H2,1H3,(H2,14,15). The van der Waals surface area contributed by atoms with Gasteiger partial charge in [-0.25, -0.2) is 9.97 Å². The Morgan fingerprint density at radius 3 is 2.94 bits per heavy atom. The Balaban J connectivity index is 2.24. The number of anilines is 1. The molecular formula is C13H14N4S. The van der Waals surface area contributed by atoms with Crippen LogP contribution in [0.2, 0.25) is 0 Å². The second kappa shape index (κ2) is 4.49. The topological polar surface area (TPSA) is 56.2 Å². The predicted molar refractivity (Wildman–Crippen MR) is 75.9 cm³/mol. The molecule has 0 aliphatic carbocycles. The maximum atomic E-state index is 5.96. The van der Waals surface area contributed by atoms with E-state index in [1.54, 1.807) is 11.8 Å². The minimum absolute atomic E-state index is 0.483. The highest BCUT2D eigenvalue weighted by Gasteiger charge is 2.09. The average molecular weight is 258 g/mol. The molecule has 0 fully saturated rings. The lowest BCUT2D eigenvalue weighted by Gasteiger charge is -2.02. The highest BCUT2D eigenvalue weighted by Crippen LogP contribution is 2.24. The van der Waals surface area contributed by atoms with E-state index in [2.05, 4.69) is 16.9 Å². The van der Waals surface area contributed by atoms with Crippen molar-refractivity contribution in [2.24, 2.45) is 0 Å². The summed E-state index contributed by atoms with van der Waals surface area (Å²) in [6.45, 7) is 2.16. The molecule has 5 heteroatoms. The summed E-state index contributed by atoms with van der Waals surface area (Å²) >= 11 is 1.75. The molecule has 4 nitrogen and oxygen atoms in total. The molecule has 0 aliphatic rings. The quantitative estimate of drug-likeness (QED) is 0.734. The molecule has 3 rings (SSSR count). The fraction of sp³-hybridized carbons (Fsp3) is 0.231. The van der Waals surface area contributed by atoms with Crippen molar-refractivity contribution in [2.45, 2.75) is 18.4 Å². The summed E-state index contributed by atoms with van der Waals surface area (Å²) < 4.78 is 2.02. The number of hydrogen-bond donors (Lipinski definition) is 1. The predicted octanol–water partition coefficient (Wildman–Crippen LogP) is 2.97. The van der Waals surface area contributed by atoms with Gasteiger partial charge in [0.25, 0.3) is 0 Å². The maximum Gasteiger partial charge on any atom is 0.181 e. The Kier molecular flexibility index (Phi) is 2.83. The van der Waals surface area contributed by atoms with Gasteiger partial charge in [0.15, 0.2) is 11.5 Å². The highest BCUT2D eigenvalue weighted by molar-refractivity contribution is 7.99. The summed E-state index contributed by atoms with van der Waals surface area (Å²) in [7, 11) is 0. The van der Waals surface area contributed by atoms with E-state index in [4.69, 9.17) is 5.73 Å². The third-order valence-corrected chi connectivity index (χ3v) is 3.85. The number of nitrogens with zero attached hydrogens (tertiary/aromatic N) is 3. The maximum absolute atomic E-state index is 5.96. The first kappa shape index (κ1) is 11.3. The van der Waals surface area contributed by atoms with Crippen molar-refractivity contribution in [1.82, 2.24) is 14.4 Å². The summed E-state index contributed by atoms with van der Waals surface area (Å²) in [5.41, 5.74) is 8.64.